The number of hydrogen-bond acceptors (Lipinski definition) is 4. The van der Waals surface area contributed by atoms with E-state index in [1.54, 1.807) is 13.3 Å². The Kier molecular flexibility index (Phi) is 4.78. The summed E-state index contributed by atoms with van der Waals surface area (Å²) in [5.74, 6) is 0.966. The largest absolute Gasteiger partial charge is 0.378 e. The number of anilines is 1. The minimum absolute atomic E-state index is 0.309. The average molecular weight is 294 g/mol. The smallest absolute Gasteiger partial charge is 0.138 e. The van der Waals surface area contributed by atoms with Crippen LogP contribution in [-0.4, -0.2) is 36.3 Å². The summed E-state index contributed by atoms with van der Waals surface area (Å²) < 4.78 is 5.29. The fourth-order valence-corrected chi connectivity index (χ4v) is 2.40. The molecule has 0 N–H and O–H groups in total. The number of pyridine rings is 2. The lowest BCUT2D eigenvalue weighted by Crippen LogP contribution is -2.52. The molecule has 0 atom stereocenters. The van der Waals surface area contributed by atoms with Crippen LogP contribution >= 0.6 is 11.6 Å². The molecule has 2 aromatic heterocycles. The van der Waals surface area contributed by atoms with Gasteiger partial charge >= 0.3 is 0 Å². The van der Waals surface area contributed by atoms with Gasteiger partial charge in [0.25, 0.3) is 0 Å². The quantitative estimate of drug-likeness (QED) is 0.795. The second-order valence-corrected chi connectivity index (χ2v) is 4.97. The van der Waals surface area contributed by atoms with Gasteiger partial charge in [-0.15, -0.1) is 0 Å². The van der Waals surface area contributed by atoms with Gasteiger partial charge in [0.05, 0.1) is 6.10 Å². The van der Waals surface area contributed by atoms with E-state index in [1.165, 1.54) is 0 Å². The normalized spacial score (nSPS) is 14.8. The zero-order chi connectivity index (χ0) is 14.7. The van der Waals surface area contributed by atoms with Crippen molar-refractivity contribution in [3.05, 3.63) is 29.2 Å². The maximum atomic E-state index is 5.95. The second kappa shape index (κ2) is 6.37. The van der Waals surface area contributed by atoms with Crippen LogP contribution in [0.25, 0.3) is 10.8 Å². The molecule has 0 unspecified atom stereocenters. The highest BCUT2D eigenvalue weighted by atomic mass is 35.5. The number of nitrogens with zero attached hydrogens (tertiary/aromatic N) is 3. The molecule has 2 aromatic rings. The first kappa shape index (κ1) is 15.0. The van der Waals surface area contributed by atoms with Crippen LogP contribution in [0, 0.1) is 6.92 Å². The summed E-state index contributed by atoms with van der Waals surface area (Å²) in [5, 5.41) is 2.68. The third-order valence-electron chi connectivity index (χ3n) is 3.40. The van der Waals surface area contributed by atoms with Crippen LogP contribution in [-0.2, 0) is 4.74 Å². The first-order valence-electron chi connectivity index (χ1n) is 6.87. The Balaban J connectivity index is 0.000000704. The van der Waals surface area contributed by atoms with Gasteiger partial charge in [-0.25, -0.2) is 9.97 Å². The summed E-state index contributed by atoms with van der Waals surface area (Å²) in [6.45, 7) is 7.79. The van der Waals surface area contributed by atoms with Crippen LogP contribution in [0.4, 0.5) is 5.82 Å². The van der Waals surface area contributed by atoms with Crippen LogP contribution in [0.15, 0.2) is 18.5 Å². The lowest BCUT2D eigenvalue weighted by atomic mass is 10.1. The molecule has 0 amide bonds. The Bertz CT molecular complexity index is 597. The van der Waals surface area contributed by atoms with Crippen LogP contribution in [0.1, 0.15) is 19.4 Å². The molecule has 0 aliphatic carbocycles. The average Bonchev–Trinajstić information content (AvgIpc) is 2.43. The van der Waals surface area contributed by atoms with Gasteiger partial charge in [0.1, 0.15) is 11.0 Å². The van der Waals surface area contributed by atoms with Crippen LogP contribution in [0.5, 0.6) is 0 Å². The number of fused-ring (bicyclic) bond motifs is 1. The zero-order valence-corrected chi connectivity index (χ0v) is 13.1. The first-order valence-corrected chi connectivity index (χ1v) is 7.25. The van der Waals surface area contributed by atoms with E-state index in [9.17, 15) is 0 Å². The van der Waals surface area contributed by atoms with E-state index in [-0.39, 0.29) is 0 Å². The number of aryl methyl sites for hydroxylation is 1. The molecule has 0 aromatic carbocycles. The molecule has 1 aliphatic heterocycles. The summed E-state index contributed by atoms with van der Waals surface area (Å²) >= 11 is 5.95. The molecule has 3 heterocycles. The van der Waals surface area contributed by atoms with Gasteiger partial charge in [0.15, 0.2) is 0 Å². The maximum Gasteiger partial charge on any atom is 0.138 e. The Morgan fingerprint density at radius 2 is 1.90 bits per heavy atom. The number of methoxy groups -OCH3 is 1. The molecule has 0 saturated carbocycles. The summed E-state index contributed by atoms with van der Waals surface area (Å²) in [4.78, 5) is 10.9. The van der Waals surface area contributed by atoms with Gasteiger partial charge in [-0.1, -0.05) is 25.4 Å². The molecule has 4 nitrogen and oxygen atoms in total. The Labute approximate surface area is 124 Å². The van der Waals surface area contributed by atoms with Crippen molar-refractivity contribution in [2.45, 2.75) is 26.9 Å². The number of ether oxygens (including phenoxy) is 1. The standard InChI is InChI=1S/C13H14ClN3O.C2H6/c1-8-4-16-13(17-6-9(7-17)18-2)11-5-15-12(14)3-10(8)11;1-2/h3-5,9H,6-7H2,1-2H3;1-2H3. The van der Waals surface area contributed by atoms with Crippen molar-refractivity contribution in [3.8, 4) is 0 Å². The van der Waals surface area contributed by atoms with Crippen molar-refractivity contribution < 1.29 is 4.74 Å². The minimum Gasteiger partial charge on any atom is -0.378 e. The SMILES string of the molecule is CC.COC1CN(c2ncc(C)c3cc(Cl)ncc23)C1. The van der Waals surface area contributed by atoms with E-state index in [0.717, 1.165) is 35.2 Å². The maximum absolute atomic E-state index is 5.95. The van der Waals surface area contributed by atoms with Crippen molar-refractivity contribution in [2.24, 2.45) is 0 Å². The van der Waals surface area contributed by atoms with Crippen molar-refractivity contribution in [2.75, 3.05) is 25.1 Å². The number of hydrogen-bond donors (Lipinski definition) is 0. The van der Waals surface area contributed by atoms with Crippen LogP contribution in [0.3, 0.4) is 0 Å². The van der Waals surface area contributed by atoms with Gasteiger partial charge in [-0.2, -0.15) is 0 Å². The third kappa shape index (κ3) is 2.72. The van der Waals surface area contributed by atoms with Crippen LogP contribution in [0.2, 0.25) is 5.15 Å². The van der Waals surface area contributed by atoms with Crippen molar-refractivity contribution in [3.63, 3.8) is 0 Å². The van der Waals surface area contributed by atoms with Crippen molar-refractivity contribution in [1.82, 2.24) is 9.97 Å². The van der Waals surface area contributed by atoms with Gasteiger partial charge in [-0.3, -0.25) is 0 Å². The Morgan fingerprint density at radius 1 is 1.20 bits per heavy atom. The van der Waals surface area contributed by atoms with Crippen molar-refractivity contribution >= 4 is 28.2 Å². The molecule has 5 heteroatoms. The van der Waals surface area contributed by atoms with E-state index in [2.05, 4.69) is 14.9 Å². The van der Waals surface area contributed by atoms with E-state index < -0.39 is 0 Å². The van der Waals surface area contributed by atoms with Gasteiger partial charge in [0.2, 0.25) is 0 Å². The van der Waals surface area contributed by atoms with Gasteiger partial charge < -0.3 is 9.64 Å². The molecule has 20 heavy (non-hydrogen) atoms. The molecule has 3 rings (SSSR count). The molecule has 108 valence electrons. The van der Waals surface area contributed by atoms with Crippen molar-refractivity contribution in [1.29, 1.82) is 0 Å². The minimum atomic E-state index is 0.309. The Hall–Kier alpha value is -1.39. The first-order chi connectivity index (χ1) is 9.69. The Morgan fingerprint density at radius 3 is 2.55 bits per heavy atom. The van der Waals surface area contributed by atoms with Crippen LogP contribution < -0.4 is 4.90 Å². The molecule has 1 saturated heterocycles. The van der Waals surface area contributed by atoms with E-state index in [1.807, 2.05) is 33.0 Å². The summed E-state index contributed by atoms with van der Waals surface area (Å²) in [5.41, 5.74) is 1.11. The molecule has 1 fully saturated rings. The molecule has 1 aliphatic rings. The molecule has 0 radical (unpaired) electrons. The van der Waals surface area contributed by atoms with Gasteiger partial charge in [-0.05, 0) is 23.9 Å². The fraction of sp³-hybridized carbons (Fsp3) is 0.467. The highest BCUT2D eigenvalue weighted by Gasteiger charge is 2.28. The van der Waals surface area contributed by atoms with E-state index >= 15 is 0 Å². The summed E-state index contributed by atoms with van der Waals surface area (Å²) in [6.07, 6.45) is 3.99. The lowest BCUT2D eigenvalue weighted by Gasteiger charge is -2.39. The highest BCUT2D eigenvalue weighted by molar-refractivity contribution is 6.30. The highest BCUT2D eigenvalue weighted by Crippen LogP contribution is 2.30. The lowest BCUT2D eigenvalue weighted by molar-refractivity contribution is 0.0785. The number of halogens is 1. The number of aromatic nitrogens is 2. The zero-order valence-electron chi connectivity index (χ0n) is 12.4. The molecular weight excluding hydrogens is 274 g/mol. The van der Waals surface area contributed by atoms with Gasteiger partial charge in [0, 0.05) is 38.0 Å². The third-order valence-corrected chi connectivity index (χ3v) is 3.60. The predicted molar refractivity (Wildman–Crippen MR) is 83.6 cm³/mol. The fourth-order valence-electron chi connectivity index (χ4n) is 2.24. The topological polar surface area (TPSA) is 38.2 Å². The van der Waals surface area contributed by atoms with E-state index in [0.29, 0.717) is 11.3 Å². The molecule has 0 bridgehead atoms. The predicted octanol–water partition coefficient (Wildman–Crippen LogP) is 3.45. The number of rotatable bonds is 2. The molecular formula is C15H20ClN3O. The van der Waals surface area contributed by atoms with E-state index in [4.69, 9.17) is 16.3 Å². The summed E-state index contributed by atoms with van der Waals surface area (Å²) in [7, 11) is 1.74. The summed E-state index contributed by atoms with van der Waals surface area (Å²) in [6, 6.07) is 1.89. The molecule has 0 spiro atoms. The second-order valence-electron chi connectivity index (χ2n) is 4.58. The monoisotopic (exact) mass is 293 g/mol.